The Balaban J connectivity index is 1.84. The van der Waals surface area contributed by atoms with Gasteiger partial charge in [0.2, 0.25) is 0 Å². The van der Waals surface area contributed by atoms with Crippen LogP contribution < -0.4 is 0 Å². The minimum absolute atomic E-state index is 0.0497. The highest BCUT2D eigenvalue weighted by Crippen LogP contribution is 2.34. The van der Waals surface area contributed by atoms with Crippen molar-refractivity contribution < 1.29 is 0 Å². The molecule has 0 radical (unpaired) electrons. The molecule has 0 saturated carbocycles. The molecule has 0 bridgehead atoms. The second kappa shape index (κ2) is 7.35. The number of aromatic nitrogens is 2. The molecule has 0 spiro atoms. The van der Waals surface area contributed by atoms with Crippen LogP contribution in [0.2, 0.25) is 0 Å². The molecule has 4 rings (SSSR count). The number of aryl methyl sites for hydroxylation is 1. The van der Waals surface area contributed by atoms with Gasteiger partial charge in [0.15, 0.2) is 0 Å². The number of benzene rings is 1. The van der Waals surface area contributed by atoms with Crippen LogP contribution in [0.15, 0.2) is 72.1 Å². The lowest BCUT2D eigenvalue weighted by Gasteiger charge is -2.21. The van der Waals surface area contributed by atoms with Crippen LogP contribution in [0.1, 0.15) is 24.6 Å². The molecule has 0 fully saturated rings. The van der Waals surface area contributed by atoms with E-state index < -0.39 is 0 Å². The molecule has 2 aromatic heterocycles. The molecule has 4 heteroatoms. The van der Waals surface area contributed by atoms with Gasteiger partial charge >= 0.3 is 0 Å². The van der Waals surface area contributed by atoms with E-state index in [2.05, 4.69) is 82.0 Å². The van der Waals surface area contributed by atoms with Crippen molar-refractivity contribution in [3.63, 3.8) is 0 Å². The lowest BCUT2D eigenvalue weighted by molar-refractivity contribution is 0.728. The smallest absolute Gasteiger partial charge is 0.112 e. The zero-order chi connectivity index (χ0) is 18.9. The van der Waals surface area contributed by atoms with E-state index in [0.29, 0.717) is 0 Å². The topological polar surface area (TPSA) is 38.1 Å². The van der Waals surface area contributed by atoms with Gasteiger partial charge in [-0.25, -0.2) is 0 Å². The van der Waals surface area contributed by atoms with Crippen molar-refractivity contribution >= 4 is 34.4 Å². The summed E-state index contributed by atoms with van der Waals surface area (Å²) in [5.74, 6) is 0. The van der Waals surface area contributed by atoms with Gasteiger partial charge in [0.1, 0.15) is 3.55 Å². The summed E-state index contributed by atoms with van der Waals surface area (Å²) in [7, 11) is 0. The largest absolute Gasteiger partial charge is 0.275 e. The molecule has 3 nitrogen and oxygen atoms in total. The normalized spacial score (nSPS) is 19.0. The van der Waals surface area contributed by atoms with Crippen LogP contribution in [0.3, 0.4) is 0 Å². The number of halogens is 1. The van der Waals surface area contributed by atoms with Gasteiger partial charge in [-0.1, -0.05) is 40.8 Å². The monoisotopic (exact) mass is 465 g/mol. The summed E-state index contributed by atoms with van der Waals surface area (Å²) in [6, 6.07) is 14.9. The molecule has 0 N–H and O–H groups in total. The van der Waals surface area contributed by atoms with Crippen LogP contribution in [0.5, 0.6) is 0 Å². The predicted molar refractivity (Wildman–Crippen MR) is 121 cm³/mol. The quantitative estimate of drug-likeness (QED) is 0.265. The summed E-state index contributed by atoms with van der Waals surface area (Å²) in [4.78, 5) is 13.5. The molecule has 1 aliphatic heterocycles. The number of aliphatic imine (C=N–C) groups is 1. The first-order chi connectivity index (χ1) is 13.0. The van der Waals surface area contributed by atoms with Crippen LogP contribution in [-0.2, 0) is 0 Å². The Kier molecular flexibility index (Phi) is 4.91. The van der Waals surface area contributed by atoms with E-state index in [1.165, 1.54) is 5.56 Å². The predicted octanol–water partition coefficient (Wildman–Crippen LogP) is 6.13. The number of hydrogen-bond donors (Lipinski definition) is 0. The Bertz CT molecular complexity index is 1020. The molecule has 1 unspecified atom stereocenters. The van der Waals surface area contributed by atoms with E-state index in [-0.39, 0.29) is 3.55 Å². The zero-order valence-electron chi connectivity index (χ0n) is 15.4. The SMILES string of the molecule is Cc1ccc(-c2cc(C3=CCC(C)(I)N=C3)cc(-c3cccnc3)c2)cn1. The van der Waals surface area contributed by atoms with Crippen LogP contribution >= 0.6 is 22.6 Å². The molecular weight excluding hydrogens is 445 g/mol. The van der Waals surface area contributed by atoms with E-state index in [0.717, 1.165) is 39.9 Å². The van der Waals surface area contributed by atoms with Gasteiger partial charge in [-0.05, 0) is 66.4 Å². The van der Waals surface area contributed by atoms with E-state index in [4.69, 9.17) is 4.99 Å². The lowest BCUT2D eigenvalue weighted by Crippen LogP contribution is -2.14. The molecule has 27 heavy (non-hydrogen) atoms. The first-order valence-corrected chi connectivity index (χ1v) is 10.0. The number of rotatable bonds is 3. The summed E-state index contributed by atoms with van der Waals surface area (Å²) in [5, 5.41) is 0. The zero-order valence-corrected chi connectivity index (χ0v) is 17.5. The third-order valence-corrected chi connectivity index (χ3v) is 5.39. The van der Waals surface area contributed by atoms with Crippen LogP contribution in [0.25, 0.3) is 27.8 Å². The molecule has 0 aliphatic carbocycles. The first-order valence-electron chi connectivity index (χ1n) is 8.93. The fraction of sp³-hybridized carbons (Fsp3) is 0.174. The van der Waals surface area contributed by atoms with Gasteiger partial charge in [-0.3, -0.25) is 15.0 Å². The van der Waals surface area contributed by atoms with E-state index in [9.17, 15) is 0 Å². The number of nitrogens with zero attached hydrogens (tertiary/aromatic N) is 3. The molecular formula is C23H20IN3. The fourth-order valence-corrected chi connectivity index (χ4v) is 3.46. The molecule has 1 aliphatic rings. The second-order valence-corrected chi connectivity index (χ2v) is 9.32. The summed E-state index contributed by atoms with van der Waals surface area (Å²) < 4.78 is -0.0497. The Morgan fingerprint density at radius 1 is 0.926 bits per heavy atom. The standard InChI is InChI=1S/C23H20IN3/c1-16-5-6-18(14-26-16)21-10-20(17-4-3-9-25-13-17)11-22(12-21)19-7-8-23(2,24)27-15-19/h3-7,9-15H,8H2,1-2H3. The minimum Gasteiger partial charge on any atom is -0.275 e. The van der Waals surface area contributed by atoms with Crippen LogP contribution in [-0.4, -0.2) is 19.7 Å². The highest BCUT2D eigenvalue weighted by atomic mass is 127. The average molecular weight is 465 g/mol. The maximum atomic E-state index is 4.70. The van der Waals surface area contributed by atoms with Crippen LogP contribution in [0.4, 0.5) is 0 Å². The highest BCUT2D eigenvalue weighted by Gasteiger charge is 2.20. The van der Waals surface area contributed by atoms with E-state index in [1.54, 1.807) is 6.20 Å². The van der Waals surface area contributed by atoms with Crippen molar-refractivity contribution in [1.29, 1.82) is 0 Å². The van der Waals surface area contributed by atoms with Gasteiger partial charge in [-0.2, -0.15) is 0 Å². The van der Waals surface area contributed by atoms with Crippen molar-refractivity contribution in [2.45, 2.75) is 23.8 Å². The number of pyridine rings is 2. The average Bonchev–Trinajstić information content (AvgIpc) is 2.69. The number of dihydropyridines is 1. The van der Waals surface area contributed by atoms with E-state index >= 15 is 0 Å². The Morgan fingerprint density at radius 3 is 2.26 bits per heavy atom. The third-order valence-electron chi connectivity index (χ3n) is 4.67. The minimum atomic E-state index is -0.0497. The Labute approximate surface area is 173 Å². The molecule has 1 aromatic carbocycles. The van der Waals surface area contributed by atoms with Crippen molar-refractivity contribution in [1.82, 2.24) is 9.97 Å². The van der Waals surface area contributed by atoms with Crippen molar-refractivity contribution in [2.24, 2.45) is 4.99 Å². The van der Waals surface area contributed by atoms with Gasteiger partial charge < -0.3 is 0 Å². The van der Waals surface area contributed by atoms with Gasteiger partial charge in [0, 0.05) is 48.0 Å². The van der Waals surface area contributed by atoms with E-state index in [1.807, 2.05) is 31.6 Å². The Morgan fingerprint density at radius 2 is 1.67 bits per heavy atom. The van der Waals surface area contributed by atoms with Gasteiger partial charge in [0.25, 0.3) is 0 Å². The maximum absolute atomic E-state index is 4.70. The molecule has 3 aromatic rings. The summed E-state index contributed by atoms with van der Waals surface area (Å²) in [6.45, 7) is 4.15. The maximum Gasteiger partial charge on any atom is 0.112 e. The van der Waals surface area contributed by atoms with Crippen molar-refractivity contribution in [3.05, 3.63) is 78.4 Å². The number of allylic oxidation sites excluding steroid dienone is 1. The molecule has 0 amide bonds. The summed E-state index contributed by atoms with van der Waals surface area (Å²) in [5.41, 5.74) is 7.86. The Hall–Kier alpha value is -2.34. The van der Waals surface area contributed by atoms with Crippen molar-refractivity contribution in [2.75, 3.05) is 0 Å². The van der Waals surface area contributed by atoms with Gasteiger partial charge in [0.05, 0.1) is 0 Å². The first kappa shape index (κ1) is 18.0. The summed E-state index contributed by atoms with van der Waals surface area (Å²) in [6.07, 6.45) is 10.8. The highest BCUT2D eigenvalue weighted by molar-refractivity contribution is 14.1. The number of hydrogen-bond acceptors (Lipinski definition) is 3. The molecule has 134 valence electrons. The molecule has 3 heterocycles. The van der Waals surface area contributed by atoms with Gasteiger partial charge in [-0.15, -0.1) is 0 Å². The fourth-order valence-electron chi connectivity index (χ4n) is 3.10. The lowest BCUT2D eigenvalue weighted by atomic mass is 9.93. The van der Waals surface area contributed by atoms with Crippen LogP contribution in [0, 0.1) is 6.92 Å². The molecule has 0 saturated heterocycles. The summed E-state index contributed by atoms with van der Waals surface area (Å²) >= 11 is 2.40. The molecule has 1 atom stereocenters. The second-order valence-electron chi connectivity index (χ2n) is 6.99. The third kappa shape index (κ3) is 4.16. The van der Waals surface area contributed by atoms with Crippen molar-refractivity contribution in [3.8, 4) is 22.3 Å². The number of alkyl halides is 1.